The number of aromatic carboxylic acids is 1. The Balaban J connectivity index is 2.23. The second-order valence-corrected chi connectivity index (χ2v) is 5.14. The van der Waals surface area contributed by atoms with Crippen molar-refractivity contribution in [3.05, 3.63) is 57.8 Å². The first-order chi connectivity index (χ1) is 9.47. The van der Waals surface area contributed by atoms with E-state index in [4.69, 9.17) is 5.11 Å². The van der Waals surface area contributed by atoms with Gasteiger partial charge in [-0.1, -0.05) is 17.8 Å². The fraction of sp³-hybridized carbons (Fsp3) is 0.0769. The predicted octanol–water partition coefficient (Wildman–Crippen LogP) is 3.15. The molecule has 0 aliphatic carbocycles. The molecule has 0 saturated heterocycles. The van der Waals surface area contributed by atoms with Crippen LogP contribution in [0.25, 0.3) is 0 Å². The lowest BCUT2D eigenvalue weighted by atomic mass is 10.1. The van der Waals surface area contributed by atoms with Gasteiger partial charge >= 0.3 is 11.8 Å². The van der Waals surface area contributed by atoms with Gasteiger partial charge in [-0.3, -0.25) is 0 Å². The maximum atomic E-state index is 11.0. The number of carboxylic acid groups (broad SMARTS) is 1. The molecule has 2 aromatic rings. The highest BCUT2D eigenvalue weighted by Gasteiger charge is 2.10. The van der Waals surface area contributed by atoms with Crippen LogP contribution in [0, 0.1) is 17.0 Å². The van der Waals surface area contributed by atoms with Gasteiger partial charge in [0, 0.05) is 11.0 Å². The van der Waals surface area contributed by atoms with E-state index in [1.165, 1.54) is 24.0 Å². The number of nitro groups is 1. The van der Waals surface area contributed by atoms with Crippen molar-refractivity contribution in [1.29, 1.82) is 0 Å². The van der Waals surface area contributed by atoms with Crippen LogP contribution in [0.3, 0.4) is 0 Å². The number of carboxylic acids is 1. The van der Waals surface area contributed by atoms with E-state index in [-0.39, 0.29) is 11.4 Å². The number of carbonyl (C=O) groups is 1. The number of benzene rings is 1. The second-order valence-electron chi connectivity index (χ2n) is 3.99. The number of pyridine rings is 1. The van der Waals surface area contributed by atoms with Gasteiger partial charge in [0.1, 0.15) is 0 Å². The molecule has 1 N–H and O–H groups in total. The molecule has 0 fully saturated rings. The summed E-state index contributed by atoms with van der Waals surface area (Å²) in [7, 11) is 0. The molecule has 0 spiro atoms. The molecular formula is C13H10N2O4S. The van der Waals surface area contributed by atoms with Gasteiger partial charge in [0.25, 0.3) is 0 Å². The minimum atomic E-state index is -0.980. The van der Waals surface area contributed by atoms with Gasteiger partial charge in [0.05, 0.1) is 10.5 Å². The summed E-state index contributed by atoms with van der Waals surface area (Å²) < 4.78 is 0. The Bertz CT molecular complexity index is 671. The average molecular weight is 290 g/mol. The average Bonchev–Trinajstić information content (AvgIpc) is 2.41. The smallest absolute Gasteiger partial charge is 0.363 e. The summed E-state index contributed by atoms with van der Waals surface area (Å²) in [6.45, 7) is 1.73. The summed E-state index contributed by atoms with van der Waals surface area (Å²) in [5, 5.41) is 19.6. The topological polar surface area (TPSA) is 93.3 Å². The van der Waals surface area contributed by atoms with Crippen molar-refractivity contribution in [3.63, 3.8) is 0 Å². The summed E-state index contributed by atoms with van der Waals surface area (Å²) in [6.07, 6.45) is 1.39. The predicted molar refractivity (Wildman–Crippen MR) is 73.2 cm³/mol. The van der Waals surface area contributed by atoms with Crippen molar-refractivity contribution in [2.75, 3.05) is 0 Å². The molecule has 0 bridgehead atoms. The number of nitrogens with zero attached hydrogens (tertiary/aromatic N) is 2. The van der Waals surface area contributed by atoms with Gasteiger partial charge in [-0.2, -0.15) is 0 Å². The van der Waals surface area contributed by atoms with Gasteiger partial charge in [0.15, 0.2) is 6.20 Å². The zero-order valence-corrected chi connectivity index (χ0v) is 11.3. The zero-order valence-electron chi connectivity index (χ0n) is 10.4. The lowest BCUT2D eigenvalue weighted by molar-refractivity contribution is -0.389. The van der Waals surface area contributed by atoms with E-state index in [2.05, 4.69) is 4.98 Å². The Morgan fingerprint density at radius 3 is 2.55 bits per heavy atom. The molecule has 0 unspecified atom stereocenters. The van der Waals surface area contributed by atoms with Crippen molar-refractivity contribution >= 4 is 23.5 Å². The normalized spacial score (nSPS) is 10.2. The Labute approximate surface area is 118 Å². The maximum Gasteiger partial charge on any atom is 0.363 e. The summed E-state index contributed by atoms with van der Waals surface area (Å²) in [5.74, 6) is -1.20. The number of hydrogen-bond acceptors (Lipinski definition) is 5. The molecule has 1 aromatic heterocycles. The number of aryl methyl sites for hydroxylation is 1. The molecule has 0 aliphatic rings. The van der Waals surface area contributed by atoms with E-state index < -0.39 is 10.9 Å². The van der Waals surface area contributed by atoms with E-state index in [0.717, 1.165) is 4.90 Å². The molecule has 0 saturated carbocycles. The van der Waals surface area contributed by atoms with Crippen molar-refractivity contribution in [1.82, 2.24) is 4.98 Å². The lowest BCUT2D eigenvalue weighted by Gasteiger charge is -2.04. The van der Waals surface area contributed by atoms with Crippen LogP contribution in [-0.4, -0.2) is 21.0 Å². The van der Waals surface area contributed by atoms with Gasteiger partial charge in [-0.15, -0.1) is 0 Å². The van der Waals surface area contributed by atoms with E-state index in [9.17, 15) is 14.9 Å². The van der Waals surface area contributed by atoms with E-state index in [0.29, 0.717) is 10.5 Å². The van der Waals surface area contributed by atoms with Crippen LogP contribution >= 0.6 is 11.8 Å². The number of aromatic nitrogens is 1. The number of rotatable bonds is 4. The minimum Gasteiger partial charge on any atom is -0.478 e. The molecule has 1 heterocycles. The summed E-state index contributed by atoms with van der Waals surface area (Å²) in [6, 6.07) is 7.99. The summed E-state index contributed by atoms with van der Waals surface area (Å²) in [5.41, 5.74) is 0.925. The molecule has 0 aliphatic heterocycles. The summed E-state index contributed by atoms with van der Waals surface area (Å²) >= 11 is 1.30. The van der Waals surface area contributed by atoms with Crippen LogP contribution in [0.4, 0.5) is 5.82 Å². The lowest BCUT2D eigenvalue weighted by Crippen LogP contribution is -1.99. The highest BCUT2D eigenvalue weighted by Crippen LogP contribution is 2.29. The molecule has 6 nitrogen and oxygen atoms in total. The molecule has 0 amide bonds. The third kappa shape index (κ3) is 3.12. The first-order valence-electron chi connectivity index (χ1n) is 5.59. The Hall–Kier alpha value is -2.41. The fourth-order valence-electron chi connectivity index (χ4n) is 1.57. The second kappa shape index (κ2) is 5.70. The van der Waals surface area contributed by atoms with Gasteiger partial charge < -0.3 is 15.2 Å². The van der Waals surface area contributed by atoms with Gasteiger partial charge in [0.2, 0.25) is 0 Å². The Morgan fingerprint density at radius 2 is 2.00 bits per heavy atom. The van der Waals surface area contributed by atoms with Gasteiger partial charge in [-0.25, -0.2) is 4.79 Å². The fourth-order valence-corrected chi connectivity index (χ4v) is 2.40. The van der Waals surface area contributed by atoms with Crippen LogP contribution in [0.15, 0.2) is 46.3 Å². The zero-order chi connectivity index (χ0) is 14.7. The van der Waals surface area contributed by atoms with Crippen molar-refractivity contribution in [2.24, 2.45) is 0 Å². The molecule has 20 heavy (non-hydrogen) atoms. The van der Waals surface area contributed by atoms with Crippen LogP contribution in [-0.2, 0) is 0 Å². The molecule has 0 radical (unpaired) electrons. The van der Waals surface area contributed by atoms with Crippen molar-refractivity contribution < 1.29 is 14.8 Å². The quantitative estimate of drug-likeness (QED) is 0.686. The van der Waals surface area contributed by atoms with Crippen molar-refractivity contribution in [3.8, 4) is 0 Å². The first kappa shape index (κ1) is 14.0. The third-order valence-corrected chi connectivity index (χ3v) is 3.55. The van der Waals surface area contributed by atoms with E-state index >= 15 is 0 Å². The minimum absolute atomic E-state index is 0.218. The third-order valence-electron chi connectivity index (χ3n) is 2.58. The summed E-state index contributed by atoms with van der Waals surface area (Å²) in [4.78, 5) is 26.1. The highest BCUT2D eigenvalue weighted by molar-refractivity contribution is 7.99. The number of hydrogen-bond donors (Lipinski definition) is 1. The van der Waals surface area contributed by atoms with Crippen LogP contribution < -0.4 is 0 Å². The van der Waals surface area contributed by atoms with Crippen LogP contribution in [0.2, 0.25) is 0 Å². The van der Waals surface area contributed by atoms with E-state index in [1.807, 2.05) is 0 Å². The first-order valence-corrected chi connectivity index (χ1v) is 6.41. The molecule has 7 heteroatoms. The largest absolute Gasteiger partial charge is 0.478 e. The van der Waals surface area contributed by atoms with Gasteiger partial charge in [-0.05, 0) is 40.6 Å². The SMILES string of the molecule is Cc1ccc(Sc2ccc([N+](=O)[O-])nc2)cc1C(=O)O. The molecular weight excluding hydrogens is 280 g/mol. The standard InChI is InChI=1S/C13H10N2O4S/c1-8-2-3-9(6-11(8)13(16)17)20-10-4-5-12(14-7-10)15(18)19/h2-7H,1H3,(H,16,17). The monoisotopic (exact) mass is 290 g/mol. The molecule has 0 atom stereocenters. The van der Waals surface area contributed by atoms with Crippen LogP contribution in [0.1, 0.15) is 15.9 Å². The maximum absolute atomic E-state index is 11.0. The molecule has 2 rings (SSSR count). The Morgan fingerprint density at radius 1 is 1.30 bits per heavy atom. The molecule has 102 valence electrons. The van der Waals surface area contributed by atoms with E-state index in [1.54, 1.807) is 31.2 Å². The van der Waals surface area contributed by atoms with Crippen molar-refractivity contribution in [2.45, 2.75) is 16.7 Å². The Kier molecular flexibility index (Phi) is 3.99. The molecule has 1 aromatic carbocycles. The highest BCUT2D eigenvalue weighted by atomic mass is 32.2. The van der Waals surface area contributed by atoms with Crippen LogP contribution in [0.5, 0.6) is 0 Å².